The van der Waals surface area contributed by atoms with Crippen molar-refractivity contribution < 1.29 is 0 Å². The highest BCUT2D eigenvalue weighted by molar-refractivity contribution is 7.99. The minimum Gasteiger partial charge on any atom is -0.371 e. The molecule has 4 rings (SSSR count). The number of anilines is 2. The fourth-order valence-electron chi connectivity index (χ4n) is 3.76. The van der Waals surface area contributed by atoms with Crippen molar-refractivity contribution in [3.05, 3.63) is 24.3 Å². The molecule has 3 saturated heterocycles. The van der Waals surface area contributed by atoms with Crippen LogP contribution in [0.2, 0.25) is 0 Å². The average molecular weight is 289 g/mol. The molecule has 0 saturated carbocycles. The highest BCUT2D eigenvalue weighted by Crippen LogP contribution is 2.31. The molecule has 0 bridgehead atoms. The zero-order chi connectivity index (χ0) is 13.4. The van der Waals surface area contributed by atoms with Crippen molar-refractivity contribution in [1.82, 2.24) is 5.32 Å². The Bertz CT molecular complexity index is 443. The molecule has 3 aliphatic rings. The molecule has 1 N–H and O–H groups in total. The van der Waals surface area contributed by atoms with Gasteiger partial charge in [0.1, 0.15) is 0 Å². The molecule has 20 heavy (non-hydrogen) atoms. The van der Waals surface area contributed by atoms with Gasteiger partial charge in [0, 0.05) is 62.1 Å². The fourth-order valence-corrected chi connectivity index (χ4v) is 4.67. The number of fused-ring (bicyclic) bond motifs is 1. The van der Waals surface area contributed by atoms with Gasteiger partial charge in [-0.15, -0.1) is 0 Å². The summed E-state index contributed by atoms with van der Waals surface area (Å²) in [7, 11) is 0. The smallest absolute Gasteiger partial charge is 0.0368 e. The topological polar surface area (TPSA) is 18.5 Å². The minimum atomic E-state index is 0.869. The predicted octanol–water partition coefficient (Wildman–Crippen LogP) is 1.90. The maximum Gasteiger partial charge on any atom is 0.0368 e. The summed E-state index contributed by atoms with van der Waals surface area (Å²) in [4.78, 5) is 5.09. The number of rotatable bonds is 2. The zero-order valence-corrected chi connectivity index (χ0v) is 12.7. The van der Waals surface area contributed by atoms with Crippen LogP contribution in [0.25, 0.3) is 0 Å². The van der Waals surface area contributed by atoms with E-state index in [4.69, 9.17) is 0 Å². The van der Waals surface area contributed by atoms with Gasteiger partial charge in [-0.2, -0.15) is 11.8 Å². The minimum absolute atomic E-state index is 0.869. The van der Waals surface area contributed by atoms with Crippen molar-refractivity contribution in [3.63, 3.8) is 0 Å². The van der Waals surface area contributed by atoms with Crippen LogP contribution in [0.4, 0.5) is 11.4 Å². The summed E-state index contributed by atoms with van der Waals surface area (Å²) in [6, 6.07) is 9.28. The van der Waals surface area contributed by atoms with E-state index >= 15 is 0 Å². The molecule has 3 fully saturated rings. The lowest BCUT2D eigenvalue weighted by molar-refractivity contribution is 0.533. The number of benzene rings is 1. The van der Waals surface area contributed by atoms with Crippen LogP contribution in [-0.4, -0.2) is 50.8 Å². The lowest BCUT2D eigenvalue weighted by Gasteiger charge is -2.29. The molecule has 2 atom stereocenters. The van der Waals surface area contributed by atoms with Crippen LogP contribution in [0.5, 0.6) is 0 Å². The van der Waals surface area contributed by atoms with Gasteiger partial charge in [0.15, 0.2) is 0 Å². The van der Waals surface area contributed by atoms with Crippen molar-refractivity contribution in [2.45, 2.75) is 0 Å². The number of nitrogens with one attached hydrogen (secondary N) is 1. The van der Waals surface area contributed by atoms with Crippen LogP contribution in [-0.2, 0) is 0 Å². The van der Waals surface area contributed by atoms with Crippen molar-refractivity contribution in [2.24, 2.45) is 11.8 Å². The molecule has 3 nitrogen and oxygen atoms in total. The molecule has 0 radical (unpaired) electrons. The Morgan fingerprint density at radius 2 is 1.40 bits per heavy atom. The van der Waals surface area contributed by atoms with Crippen molar-refractivity contribution in [1.29, 1.82) is 0 Å². The van der Waals surface area contributed by atoms with E-state index in [0.717, 1.165) is 11.8 Å². The summed E-state index contributed by atoms with van der Waals surface area (Å²) in [6.45, 7) is 7.29. The molecule has 108 valence electrons. The van der Waals surface area contributed by atoms with E-state index in [2.05, 4.69) is 51.1 Å². The van der Waals surface area contributed by atoms with Gasteiger partial charge in [0.2, 0.25) is 0 Å². The second-order valence-electron chi connectivity index (χ2n) is 6.20. The normalized spacial score (nSPS) is 29.8. The largest absolute Gasteiger partial charge is 0.371 e. The van der Waals surface area contributed by atoms with E-state index in [1.807, 2.05) is 0 Å². The van der Waals surface area contributed by atoms with Gasteiger partial charge in [-0.25, -0.2) is 0 Å². The lowest BCUT2D eigenvalue weighted by atomic mass is 10.0. The van der Waals surface area contributed by atoms with Crippen LogP contribution in [0.15, 0.2) is 24.3 Å². The highest BCUT2D eigenvalue weighted by atomic mass is 32.2. The Morgan fingerprint density at radius 1 is 0.850 bits per heavy atom. The Kier molecular flexibility index (Phi) is 3.52. The lowest BCUT2D eigenvalue weighted by Crippen LogP contribution is -2.32. The first-order valence-corrected chi connectivity index (χ1v) is 8.94. The standard InChI is InChI=1S/C16H23N3S/c1-3-16(19-11-13-9-17-10-14(13)12-19)4-2-15(1)18-5-7-20-8-6-18/h1-4,13-14,17H,5-12H2/t13-,14+. The summed E-state index contributed by atoms with van der Waals surface area (Å²) in [6.07, 6.45) is 0. The Morgan fingerprint density at radius 3 is 2.00 bits per heavy atom. The van der Waals surface area contributed by atoms with Gasteiger partial charge in [0.25, 0.3) is 0 Å². The number of thioether (sulfide) groups is 1. The maximum absolute atomic E-state index is 3.51. The van der Waals surface area contributed by atoms with E-state index in [-0.39, 0.29) is 0 Å². The van der Waals surface area contributed by atoms with E-state index in [1.54, 1.807) is 0 Å². The third-order valence-electron chi connectivity index (χ3n) is 4.98. The van der Waals surface area contributed by atoms with Crippen LogP contribution in [0, 0.1) is 11.8 Å². The fraction of sp³-hybridized carbons (Fsp3) is 0.625. The van der Waals surface area contributed by atoms with Crippen molar-refractivity contribution in [3.8, 4) is 0 Å². The van der Waals surface area contributed by atoms with E-state index in [0.29, 0.717) is 0 Å². The third-order valence-corrected chi connectivity index (χ3v) is 5.92. The molecule has 0 amide bonds. The molecule has 0 spiro atoms. The highest BCUT2D eigenvalue weighted by Gasteiger charge is 2.36. The molecule has 4 heteroatoms. The molecule has 1 aromatic rings. The summed E-state index contributed by atoms with van der Waals surface area (Å²) in [5.41, 5.74) is 2.81. The molecular formula is C16H23N3S. The quantitative estimate of drug-likeness (QED) is 0.896. The van der Waals surface area contributed by atoms with E-state index in [9.17, 15) is 0 Å². The van der Waals surface area contributed by atoms with E-state index in [1.165, 1.54) is 62.1 Å². The monoisotopic (exact) mass is 289 g/mol. The van der Waals surface area contributed by atoms with Gasteiger partial charge in [0.05, 0.1) is 0 Å². The van der Waals surface area contributed by atoms with Crippen LogP contribution >= 0.6 is 11.8 Å². The molecule has 3 aliphatic heterocycles. The predicted molar refractivity (Wildman–Crippen MR) is 88.0 cm³/mol. The SMILES string of the molecule is c1cc(N2C[C@H]3CNC[C@H]3C2)ccc1N1CCSCC1. The zero-order valence-electron chi connectivity index (χ0n) is 11.9. The van der Waals surface area contributed by atoms with Crippen LogP contribution < -0.4 is 15.1 Å². The van der Waals surface area contributed by atoms with Gasteiger partial charge >= 0.3 is 0 Å². The first kappa shape index (κ1) is 12.8. The van der Waals surface area contributed by atoms with Gasteiger partial charge in [-0.05, 0) is 36.1 Å². The molecule has 0 aromatic heterocycles. The third kappa shape index (κ3) is 2.40. The number of hydrogen-bond donors (Lipinski definition) is 1. The van der Waals surface area contributed by atoms with Gasteiger partial charge < -0.3 is 15.1 Å². The summed E-state index contributed by atoms with van der Waals surface area (Å²) < 4.78 is 0. The Labute approximate surface area is 125 Å². The van der Waals surface area contributed by atoms with E-state index < -0.39 is 0 Å². The summed E-state index contributed by atoms with van der Waals surface area (Å²) in [5, 5.41) is 3.51. The first-order valence-electron chi connectivity index (χ1n) is 7.78. The van der Waals surface area contributed by atoms with Gasteiger partial charge in [-0.1, -0.05) is 0 Å². The number of nitrogens with zero attached hydrogens (tertiary/aromatic N) is 2. The second-order valence-corrected chi connectivity index (χ2v) is 7.42. The van der Waals surface area contributed by atoms with Crippen molar-refractivity contribution in [2.75, 3.05) is 60.6 Å². The van der Waals surface area contributed by atoms with Crippen LogP contribution in [0.3, 0.4) is 0 Å². The molecule has 0 unspecified atom stereocenters. The Balaban J connectivity index is 1.44. The number of hydrogen-bond acceptors (Lipinski definition) is 4. The molecular weight excluding hydrogens is 266 g/mol. The van der Waals surface area contributed by atoms with Crippen molar-refractivity contribution >= 4 is 23.1 Å². The second kappa shape index (κ2) is 5.49. The van der Waals surface area contributed by atoms with Gasteiger partial charge in [-0.3, -0.25) is 0 Å². The maximum atomic E-state index is 3.51. The van der Waals surface area contributed by atoms with Crippen LogP contribution in [0.1, 0.15) is 0 Å². The molecule has 3 heterocycles. The molecule has 1 aromatic carbocycles. The molecule has 0 aliphatic carbocycles. The summed E-state index contributed by atoms with van der Waals surface area (Å²) >= 11 is 2.07. The Hall–Kier alpha value is -0.870. The first-order chi connectivity index (χ1) is 9.90. The average Bonchev–Trinajstić information content (AvgIpc) is 3.10. The summed E-state index contributed by atoms with van der Waals surface area (Å²) in [5.74, 6) is 4.27.